The summed E-state index contributed by atoms with van der Waals surface area (Å²) in [6, 6.07) is 12.7. The first kappa shape index (κ1) is 19.2. The normalized spacial score (nSPS) is 34.6. The van der Waals surface area contributed by atoms with E-state index >= 15 is 0 Å². The van der Waals surface area contributed by atoms with Crippen LogP contribution < -0.4 is 4.90 Å². The molecule has 2 bridgehead atoms. The van der Waals surface area contributed by atoms with E-state index in [4.69, 9.17) is 9.47 Å². The Balaban J connectivity index is 1.67. The van der Waals surface area contributed by atoms with Gasteiger partial charge in [0.15, 0.2) is 0 Å². The van der Waals surface area contributed by atoms with Gasteiger partial charge in [0.1, 0.15) is 5.60 Å². The van der Waals surface area contributed by atoms with Crippen molar-refractivity contribution < 1.29 is 24.2 Å². The summed E-state index contributed by atoms with van der Waals surface area (Å²) in [5.74, 6) is -1.97. The van der Waals surface area contributed by atoms with Crippen molar-refractivity contribution in [2.24, 2.45) is 11.8 Å². The van der Waals surface area contributed by atoms with Gasteiger partial charge in [0.25, 0.3) is 0 Å². The zero-order chi connectivity index (χ0) is 21.3. The molecule has 2 amide bonds. The summed E-state index contributed by atoms with van der Waals surface area (Å²) in [5, 5.41) is 20.5. The number of anilines is 1. The number of nitriles is 1. The summed E-state index contributed by atoms with van der Waals surface area (Å²) >= 11 is 0. The molecule has 7 heteroatoms. The highest BCUT2D eigenvalue weighted by Gasteiger charge is 2.77. The van der Waals surface area contributed by atoms with E-state index in [2.05, 4.69) is 6.07 Å². The zero-order valence-corrected chi connectivity index (χ0v) is 16.8. The van der Waals surface area contributed by atoms with E-state index in [0.717, 1.165) is 0 Å². The minimum Gasteiger partial charge on any atom is -0.396 e. The molecule has 5 atom stereocenters. The molecule has 2 aromatic carbocycles. The van der Waals surface area contributed by atoms with Gasteiger partial charge in [-0.05, 0) is 19.1 Å². The number of ether oxygens (including phenoxy) is 2. The Morgan fingerprint density at radius 1 is 1.20 bits per heavy atom. The average Bonchev–Trinajstić information content (AvgIpc) is 3.29. The number of hydrogen-bond acceptors (Lipinski definition) is 6. The highest BCUT2D eigenvalue weighted by molar-refractivity contribution is 6.26. The van der Waals surface area contributed by atoms with Gasteiger partial charge in [-0.15, -0.1) is 0 Å². The van der Waals surface area contributed by atoms with Crippen LogP contribution in [0.4, 0.5) is 5.69 Å². The molecule has 3 fully saturated rings. The monoisotopic (exact) mass is 406 g/mol. The van der Waals surface area contributed by atoms with Crippen LogP contribution in [0.5, 0.6) is 0 Å². The number of carbonyl (C=O) groups is 2. The van der Waals surface area contributed by atoms with Crippen LogP contribution in [-0.4, -0.2) is 47.9 Å². The second-order valence-electron chi connectivity index (χ2n) is 8.51. The third-order valence-electron chi connectivity index (χ3n) is 7.17. The number of amides is 2. The molecular weight excluding hydrogens is 384 g/mol. The highest BCUT2D eigenvalue weighted by Crippen LogP contribution is 2.63. The molecule has 1 N–H and O–H groups in total. The number of nitrogens with zero attached hydrogens (tertiary/aromatic N) is 2. The van der Waals surface area contributed by atoms with Crippen LogP contribution in [0.2, 0.25) is 0 Å². The van der Waals surface area contributed by atoms with E-state index in [-0.39, 0.29) is 30.9 Å². The Kier molecular flexibility index (Phi) is 4.06. The van der Waals surface area contributed by atoms with Gasteiger partial charge < -0.3 is 14.6 Å². The second-order valence-corrected chi connectivity index (χ2v) is 8.51. The van der Waals surface area contributed by atoms with Crippen molar-refractivity contribution in [3.63, 3.8) is 0 Å². The molecule has 3 aliphatic heterocycles. The van der Waals surface area contributed by atoms with Crippen molar-refractivity contribution in [3.8, 4) is 6.07 Å². The highest BCUT2D eigenvalue weighted by atomic mass is 16.6. The van der Waals surface area contributed by atoms with Crippen molar-refractivity contribution in [3.05, 3.63) is 42.0 Å². The molecule has 154 valence electrons. The van der Waals surface area contributed by atoms with Crippen LogP contribution >= 0.6 is 0 Å². The lowest BCUT2D eigenvalue weighted by Gasteiger charge is -2.35. The van der Waals surface area contributed by atoms with E-state index in [0.29, 0.717) is 28.4 Å². The molecule has 30 heavy (non-hydrogen) atoms. The van der Waals surface area contributed by atoms with Crippen molar-refractivity contribution >= 4 is 28.3 Å². The van der Waals surface area contributed by atoms with Crippen molar-refractivity contribution in [2.45, 2.75) is 37.1 Å². The Labute approximate surface area is 173 Å². The van der Waals surface area contributed by atoms with Gasteiger partial charge in [0.2, 0.25) is 11.8 Å². The molecule has 5 rings (SSSR count). The fourth-order valence-corrected chi connectivity index (χ4v) is 5.92. The van der Waals surface area contributed by atoms with Crippen LogP contribution in [0, 0.1) is 23.2 Å². The summed E-state index contributed by atoms with van der Waals surface area (Å²) < 4.78 is 11.9. The molecular formula is C23H22N2O5. The lowest BCUT2D eigenvalue weighted by molar-refractivity contribution is -0.135. The molecule has 0 saturated carbocycles. The van der Waals surface area contributed by atoms with E-state index in [1.807, 2.05) is 31.2 Å². The molecule has 0 spiro atoms. The smallest absolute Gasteiger partial charge is 0.240 e. The summed E-state index contributed by atoms with van der Waals surface area (Å²) in [5.41, 5.74) is -0.887. The van der Waals surface area contributed by atoms with E-state index < -0.39 is 23.0 Å². The first-order valence-corrected chi connectivity index (χ1v) is 10.1. The van der Waals surface area contributed by atoms with Gasteiger partial charge in [0, 0.05) is 37.3 Å². The van der Waals surface area contributed by atoms with Crippen LogP contribution in [-0.2, 0) is 19.1 Å². The Bertz CT molecular complexity index is 1110. The largest absolute Gasteiger partial charge is 0.396 e. The van der Waals surface area contributed by atoms with Crippen molar-refractivity contribution in [1.82, 2.24) is 0 Å². The van der Waals surface area contributed by atoms with E-state index in [1.54, 1.807) is 19.2 Å². The Morgan fingerprint density at radius 2 is 1.90 bits per heavy atom. The van der Waals surface area contributed by atoms with E-state index in [9.17, 15) is 20.0 Å². The number of aliphatic hydroxyl groups is 1. The van der Waals surface area contributed by atoms with Crippen LogP contribution in [0.25, 0.3) is 10.8 Å². The topological polar surface area (TPSA) is 99.9 Å². The predicted octanol–water partition coefficient (Wildman–Crippen LogP) is 2.15. The van der Waals surface area contributed by atoms with Crippen LogP contribution in [0.3, 0.4) is 0 Å². The van der Waals surface area contributed by atoms with Gasteiger partial charge in [-0.3, -0.25) is 9.59 Å². The minimum absolute atomic E-state index is 0.142. The number of imide groups is 1. The quantitative estimate of drug-likeness (QED) is 0.781. The standard InChI is InChI=1S/C23H22N2O5/c1-22-17(29-2)11-23(30-22,9-10-26)19-18(22)20(27)25(21(19)28)16-8-7-13(12-24)14-5-3-4-6-15(14)16/h3-8,17-19,26H,9-11H2,1-2H3/t17-,18-,19+,22?,23?/m0/s1. The Hall–Kier alpha value is -2.79. The van der Waals surface area contributed by atoms with E-state index in [1.165, 1.54) is 4.90 Å². The summed E-state index contributed by atoms with van der Waals surface area (Å²) in [4.78, 5) is 28.5. The fraction of sp³-hybridized carbons (Fsp3) is 0.435. The summed E-state index contributed by atoms with van der Waals surface area (Å²) in [6.45, 7) is 1.69. The molecule has 3 aliphatic rings. The van der Waals surface area contributed by atoms with Gasteiger partial charge in [-0.1, -0.05) is 24.3 Å². The number of fused-ring (bicyclic) bond motifs is 6. The maximum atomic E-state index is 13.6. The molecule has 3 saturated heterocycles. The van der Waals surface area contributed by atoms with Crippen LogP contribution in [0.15, 0.2) is 36.4 Å². The zero-order valence-electron chi connectivity index (χ0n) is 16.8. The van der Waals surface area contributed by atoms with Gasteiger partial charge in [-0.2, -0.15) is 5.26 Å². The SMILES string of the molecule is CO[C@H]1CC2(CCO)OC1(C)[C@@H]1C(=O)N(c3ccc(C#N)c4ccccc34)C(=O)[C@@H]12. The molecule has 7 nitrogen and oxygen atoms in total. The van der Waals surface area contributed by atoms with Gasteiger partial charge in [-0.25, -0.2) is 4.90 Å². The van der Waals surface area contributed by atoms with Crippen molar-refractivity contribution in [1.29, 1.82) is 5.26 Å². The number of carbonyl (C=O) groups excluding carboxylic acids is 2. The second kappa shape index (κ2) is 6.35. The van der Waals surface area contributed by atoms with Gasteiger partial charge in [0.05, 0.1) is 40.9 Å². The number of hydrogen-bond donors (Lipinski definition) is 1. The molecule has 2 unspecified atom stereocenters. The number of rotatable bonds is 4. The molecule has 3 heterocycles. The minimum atomic E-state index is -0.932. The Morgan fingerprint density at radius 3 is 2.57 bits per heavy atom. The molecule has 0 aliphatic carbocycles. The third-order valence-corrected chi connectivity index (χ3v) is 7.17. The first-order valence-electron chi connectivity index (χ1n) is 10.1. The number of benzene rings is 2. The number of methoxy groups -OCH3 is 1. The summed E-state index contributed by atoms with van der Waals surface area (Å²) in [7, 11) is 1.58. The van der Waals surface area contributed by atoms with Crippen molar-refractivity contribution in [2.75, 3.05) is 18.6 Å². The lowest BCUT2D eigenvalue weighted by Crippen LogP contribution is -2.50. The maximum absolute atomic E-state index is 13.6. The molecule has 0 aromatic heterocycles. The van der Waals surface area contributed by atoms with Crippen LogP contribution in [0.1, 0.15) is 25.3 Å². The van der Waals surface area contributed by atoms with Gasteiger partial charge >= 0.3 is 0 Å². The fourth-order valence-electron chi connectivity index (χ4n) is 5.92. The predicted molar refractivity (Wildman–Crippen MR) is 107 cm³/mol. The maximum Gasteiger partial charge on any atom is 0.240 e. The lowest BCUT2D eigenvalue weighted by atomic mass is 9.66. The first-order chi connectivity index (χ1) is 14.4. The molecule has 0 radical (unpaired) electrons. The number of aliphatic hydroxyl groups excluding tert-OH is 1. The average molecular weight is 406 g/mol. The molecule has 2 aromatic rings. The summed E-state index contributed by atoms with van der Waals surface area (Å²) in [6.07, 6.45) is 0.396. The third kappa shape index (κ3) is 2.19.